The van der Waals surface area contributed by atoms with Crippen LogP contribution in [0.3, 0.4) is 0 Å². The van der Waals surface area contributed by atoms with Crippen LogP contribution in [0.15, 0.2) is 0 Å². The van der Waals surface area contributed by atoms with Gasteiger partial charge in [-0.2, -0.15) is 0 Å². The fourth-order valence-electron chi connectivity index (χ4n) is 3.17. The first-order valence-corrected chi connectivity index (χ1v) is 9.35. The van der Waals surface area contributed by atoms with Gasteiger partial charge < -0.3 is 20.2 Å². The van der Waals surface area contributed by atoms with Crippen LogP contribution in [0.4, 0.5) is 0 Å². The van der Waals surface area contributed by atoms with Crippen LogP contribution in [0, 0.1) is 0 Å². The zero-order valence-corrected chi connectivity index (χ0v) is 16.0. The number of carboxylic acids is 3. The molecule has 0 radical (unpaired) electrons. The Balaban J connectivity index is 2.85. The van der Waals surface area contributed by atoms with E-state index < -0.39 is 17.9 Å². The van der Waals surface area contributed by atoms with E-state index in [1.165, 1.54) is 0 Å². The van der Waals surface area contributed by atoms with E-state index in [0.29, 0.717) is 52.4 Å². The highest BCUT2D eigenvalue weighted by molar-refractivity contribution is 5.69. The minimum atomic E-state index is -0.953. The monoisotopic (exact) mass is 388 g/mol. The van der Waals surface area contributed by atoms with E-state index in [-0.39, 0.29) is 19.6 Å². The van der Waals surface area contributed by atoms with Gasteiger partial charge in [-0.1, -0.05) is 6.92 Å². The molecule has 0 atom stereocenters. The molecule has 1 rings (SSSR count). The molecule has 156 valence electrons. The van der Waals surface area contributed by atoms with Crippen molar-refractivity contribution < 1.29 is 29.7 Å². The van der Waals surface area contributed by atoms with Crippen molar-refractivity contribution in [1.29, 1.82) is 0 Å². The largest absolute Gasteiger partial charge is 0.480 e. The molecule has 0 bridgehead atoms. The summed E-state index contributed by atoms with van der Waals surface area (Å²) in [4.78, 5) is 41.0. The van der Waals surface area contributed by atoms with Gasteiger partial charge in [0.2, 0.25) is 0 Å². The summed E-state index contributed by atoms with van der Waals surface area (Å²) >= 11 is 0. The van der Waals surface area contributed by atoms with E-state index in [2.05, 4.69) is 11.8 Å². The van der Waals surface area contributed by atoms with Crippen LogP contribution in [0.25, 0.3) is 0 Å². The molecule has 1 heterocycles. The van der Waals surface area contributed by atoms with Crippen molar-refractivity contribution in [2.24, 2.45) is 0 Å². The first-order chi connectivity index (χ1) is 12.8. The zero-order valence-electron chi connectivity index (χ0n) is 16.0. The predicted octanol–water partition coefficient (Wildman–Crippen LogP) is -1.13. The number of carboxylic acid groups (broad SMARTS) is 3. The molecule has 1 fully saturated rings. The quantitative estimate of drug-likeness (QED) is 0.470. The van der Waals surface area contributed by atoms with Crippen molar-refractivity contribution in [3.63, 3.8) is 0 Å². The van der Waals surface area contributed by atoms with Gasteiger partial charge in [0.25, 0.3) is 0 Å². The molecule has 1 aliphatic heterocycles. The average Bonchev–Trinajstić information content (AvgIpc) is 2.56. The summed E-state index contributed by atoms with van der Waals surface area (Å²) in [5, 5.41) is 27.4. The van der Waals surface area contributed by atoms with Gasteiger partial charge in [-0.25, -0.2) is 0 Å². The van der Waals surface area contributed by atoms with Crippen LogP contribution in [-0.4, -0.2) is 131 Å². The molecule has 0 spiro atoms. The molecule has 0 amide bonds. The van der Waals surface area contributed by atoms with Gasteiger partial charge in [0, 0.05) is 52.4 Å². The maximum Gasteiger partial charge on any atom is 0.317 e. The number of nitrogens with zero attached hydrogens (tertiary/aromatic N) is 4. The molecule has 0 aromatic heterocycles. The lowest BCUT2D eigenvalue weighted by atomic mass is 10.3. The Morgan fingerprint density at radius 2 is 0.852 bits per heavy atom. The molecule has 0 aliphatic carbocycles. The topological polar surface area (TPSA) is 125 Å². The van der Waals surface area contributed by atoms with Crippen molar-refractivity contribution in [1.82, 2.24) is 19.6 Å². The number of carbonyl (C=O) groups is 3. The summed E-state index contributed by atoms with van der Waals surface area (Å²) < 4.78 is 0. The van der Waals surface area contributed by atoms with Crippen LogP contribution in [0.1, 0.15) is 13.3 Å². The van der Waals surface area contributed by atoms with E-state index in [1.54, 1.807) is 4.90 Å². The van der Waals surface area contributed by atoms with Crippen LogP contribution >= 0.6 is 0 Å². The van der Waals surface area contributed by atoms with Crippen molar-refractivity contribution >= 4 is 17.9 Å². The van der Waals surface area contributed by atoms with Crippen molar-refractivity contribution in [3.8, 4) is 0 Å². The lowest BCUT2D eigenvalue weighted by Gasteiger charge is -2.33. The SMILES string of the molecule is CCCN1CCN(CC(=O)O)CCN(CC(=O)O)CCN(CC(=O)O)CC1. The molecule has 0 saturated carbocycles. The third-order valence-electron chi connectivity index (χ3n) is 4.55. The summed E-state index contributed by atoms with van der Waals surface area (Å²) in [6.45, 7) is 6.94. The molecule has 0 aromatic rings. The van der Waals surface area contributed by atoms with Gasteiger partial charge in [0.15, 0.2) is 0 Å². The van der Waals surface area contributed by atoms with Gasteiger partial charge in [0.1, 0.15) is 0 Å². The Hall–Kier alpha value is -1.75. The fourth-order valence-corrected chi connectivity index (χ4v) is 3.17. The Kier molecular flexibility index (Phi) is 10.9. The Morgan fingerprint density at radius 3 is 1.07 bits per heavy atom. The average molecular weight is 388 g/mol. The van der Waals surface area contributed by atoms with E-state index in [0.717, 1.165) is 13.0 Å². The van der Waals surface area contributed by atoms with E-state index in [4.69, 9.17) is 15.3 Å². The second-order valence-electron chi connectivity index (χ2n) is 6.85. The molecule has 10 heteroatoms. The lowest BCUT2D eigenvalue weighted by molar-refractivity contribution is -0.140. The predicted molar refractivity (Wildman–Crippen MR) is 99.0 cm³/mol. The molecule has 27 heavy (non-hydrogen) atoms. The maximum absolute atomic E-state index is 11.1. The normalized spacial score (nSPS) is 19.9. The smallest absolute Gasteiger partial charge is 0.317 e. The van der Waals surface area contributed by atoms with Crippen molar-refractivity contribution in [3.05, 3.63) is 0 Å². The Bertz CT molecular complexity index is 458. The minimum Gasteiger partial charge on any atom is -0.480 e. The Morgan fingerprint density at radius 1 is 0.593 bits per heavy atom. The summed E-state index contributed by atoms with van der Waals surface area (Å²) in [6, 6.07) is 0. The highest BCUT2D eigenvalue weighted by atomic mass is 16.4. The second-order valence-corrected chi connectivity index (χ2v) is 6.85. The molecule has 1 saturated heterocycles. The van der Waals surface area contributed by atoms with Crippen molar-refractivity contribution in [2.75, 3.05) is 78.5 Å². The number of rotatable bonds is 8. The van der Waals surface area contributed by atoms with Crippen LogP contribution in [0.5, 0.6) is 0 Å². The van der Waals surface area contributed by atoms with E-state index in [9.17, 15) is 14.4 Å². The van der Waals surface area contributed by atoms with Crippen molar-refractivity contribution in [2.45, 2.75) is 13.3 Å². The molecule has 0 unspecified atom stereocenters. The number of hydrogen-bond acceptors (Lipinski definition) is 7. The van der Waals surface area contributed by atoms with Crippen LogP contribution in [-0.2, 0) is 14.4 Å². The maximum atomic E-state index is 11.1. The van der Waals surface area contributed by atoms with Crippen LogP contribution in [0.2, 0.25) is 0 Å². The zero-order chi connectivity index (χ0) is 20.2. The summed E-state index contributed by atoms with van der Waals surface area (Å²) in [6.07, 6.45) is 0.963. The standard InChI is InChI=1S/C17H32N4O6/c1-2-3-18-4-6-19(12-15(22)23)8-10-21(14-17(26)27)11-9-20(7-5-18)13-16(24)25/h2-14H2,1H3,(H,22,23)(H,24,25)(H,26,27). The summed E-state index contributed by atoms with van der Waals surface area (Å²) in [5.74, 6) is -2.76. The van der Waals surface area contributed by atoms with Gasteiger partial charge in [-0.3, -0.25) is 29.1 Å². The Labute approximate surface area is 159 Å². The molecule has 0 aromatic carbocycles. The third-order valence-corrected chi connectivity index (χ3v) is 4.55. The van der Waals surface area contributed by atoms with E-state index in [1.807, 2.05) is 9.80 Å². The first-order valence-electron chi connectivity index (χ1n) is 9.35. The molecule has 1 aliphatic rings. The van der Waals surface area contributed by atoms with Gasteiger partial charge in [-0.05, 0) is 13.0 Å². The molecule has 3 N–H and O–H groups in total. The first kappa shape index (κ1) is 23.3. The minimum absolute atomic E-state index is 0.0774. The fraction of sp³-hybridized carbons (Fsp3) is 0.824. The van der Waals surface area contributed by atoms with E-state index >= 15 is 0 Å². The number of hydrogen-bond donors (Lipinski definition) is 3. The number of aliphatic carboxylic acids is 3. The van der Waals surface area contributed by atoms with Gasteiger partial charge in [0.05, 0.1) is 19.6 Å². The highest BCUT2D eigenvalue weighted by Gasteiger charge is 2.19. The van der Waals surface area contributed by atoms with Gasteiger partial charge in [-0.15, -0.1) is 0 Å². The van der Waals surface area contributed by atoms with Crippen LogP contribution < -0.4 is 0 Å². The lowest BCUT2D eigenvalue weighted by Crippen LogP contribution is -2.48. The summed E-state index contributed by atoms with van der Waals surface area (Å²) in [5.41, 5.74) is 0. The third kappa shape index (κ3) is 10.9. The molecular formula is C17H32N4O6. The highest BCUT2D eigenvalue weighted by Crippen LogP contribution is 2.02. The molecular weight excluding hydrogens is 356 g/mol. The second kappa shape index (κ2) is 12.6. The molecule has 10 nitrogen and oxygen atoms in total. The van der Waals surface area contributed by atoms with Gasteiger partial charge >= 0.3 is 17.9 Å². The summed E-state index contributed by atoms with van der Waals surface area (Å²) in [7, 11) is 0.